The summed E-state index contributed by atoms with van der Waals surface area (Å²) in [5.74, 6) is 0.378. The predicted molar refractivity (Wildman–Crippen MR) is 110 cm³/mol. The van der Waals surface area contributed by atoms with E-state index in [1.165, 1.54) is 19.3 Å². The molecule has 0 unspecified atom stereocenters. The van der Waals surface area contributed by atoms with Gasteiger partial charge in [0.15, 0.2) is 0 Å². The summed E-state index contributed by atoms with van der Waals surface area (Å²) in [6, 6.07) is 7.77. The molecule has 1 aromatic heterocycles. The zero-order valence-corrected chi connectivity index (χ0v) is 17.1. The highest BCUT2D eigenvalue weighted by molar-refractivity contribution is 6.36. The van der Waals surface area contributed by atoms with Crippen molar-refractivity contribution in [2.75, 3.05) is 5.32 Å². The first-order valence-electron chi connectivity index (χ1n) is 9.28. The van der Waals surface area contributed by atoms with E-state index in [4.69, 9.17) is 23.2 Å². The molecule has 4 nitrogen and oxygen atoms in total. The van der Waals surface area contributed by atoms with Crippen molar-refractivity contribution < 1.29 is 4.79 Å². The van der Waals surface area contributed by atoms with Gasteiger partial charge in [-0.25, -0.2) is 0 Å². The highest BCUT2D eigenvalue weighted by atomic mass is 35.5. The van der Waals surface area contributed by atoms with Gasteiger partial charge >= 0.3 is 0 Å². The van der Waals surface area contributed by atoms with Crippen molar-refractivity contribution in [3.05, 3.63) is 50.6 Å². The smallest absolute Gasteiger partial charge is 0.230 e. The minimum atomic E-state index is -0.226. The van der Waals surface area contributed by atoms with Crippen LogP contribution in [-0.4, -0.2) is 10.5 Å². The molecule has 0 atom stereocenters. The van der Waals surface area contributed by atoms with Crippen molar-refractivity contribution in [3.8, 4) is 6.07 Å². The minimum absolute atomic E-state index is 0.0668. The number of carbonyl (C=O) groups excluding carboxylic acids is 1. The van der Waals surface area contributed by atoms with Gasteiger partial charge in [0, 0.05) is 21.8 Å². The molecule has 1 aromatic carbocycles. The maximum absolute atomic E-state index is 12.8. The summed E-state index contributed by atoms with van der Waals surface area (Å²) >= 11 is 12.4. The van der Waals surface area contributed by atoms with Crippen molar-refractivity contribution in [3.63, 3.8) is 0 Å². The lowest BCUT2D eigenvalue weighted by Gasteiger charge is -2.27. The van der Waals surface area contributed by atoms with E-state index in [-0.39, 0.29) is 12.3 Å². The Kier molecular flexibility index (Phi) is 6.14. The van der Waals surface area contributed by atoms with Gasteiger partial charge in [-0.1, -0.05) is 48.5 Å². The third-order valence-electron chi connectivity index (χ3n) is 5.47. The van der Waals surface area contributed by atoms with Crippen LogP contribution in [0.15, 0.2) is 18.2 Å². The summed E-state index contributed by atoms with van der Waals surface area (Å²) in [6.07, 6.45) is 5.79. The second kappa shape index (κ2) is 8.37. The molecule has 142 valence electrons. The lowest BCUT2D eigenvalue weighted by Crippen LogP contribution is -2.22. The zero-order chi connectivity index (χ0) is 19.6. The van der Waals surface area contributed by atoms with Gasteiger partial charge < -0.3 is 9.88 Å². The second-order valence-corrected chi connectivity index (χ2v) is 7.95. The topological polar surface area (TPSA) is 57.8 Å². The lowest BCUT2D eigenvalue weighted by molar-refractivity contribution is -0.115. The van der Waals surface area contributed by atoms with Gasteiger partial charge in [0.2, 0.25) is 5.91 Å². The minimum Gasteiger partial charge on any atom is -0.327 e. The number of nitriles is 1. The summed E-state index contributed by atoms with van der Waals surface area (Å²) in [5, 5.41) is 13.6. The van der Waals surface area contributed by atoms with Gasteiger partial charge in [0.05, 0.1) is 12.0 Å². The molecule has 1 heterocycles. The van der Waals surface area contributed by atoms with Crippen LogP contribution in [0, 0.1) is 25.2 Å². The van der Waals surface area contributed by atoms with Gasteiger partial charge in [0.1, 0.15) is 11.9 Å². The summed E-state index contributed by atoms with van der Waals surface area (Å²) in [7, 11) is 0. The maximum atomic E-state index is 12.8. The van der Waals surface area contributed by atoms with Crippen LogP contribution >= 0.6 is 23.2 Å². The number of benzene rings is 1. The number of carbonyl (C=O) groups is 1. The summed E-state index contributed by atoms with van der Waals surface area (Å²) in [4.78, 5) is 12.8. The Balaban J connectivity index is 1.92. The third-order valence-corrected chi connectivity index (χ3v) is 6.17. The second-order valence-electron chi connectivity index (χ2n) is 7.13. The van der Waals surface area contributed by atoms with Gasteiger partial charge in [0.25, 0.3) is 0 Å². The first kappa shape index (κ1) is 19.8. The van der Waals surface area contributed by atoms with Crippen molar-refractivity contribution in [2.45, 2.75) is 58.4 Å². The molecule has 0 bridgehead atoms. The third kappa shape index (κ3) is 4.00. The first-order chi connectivity index (χ1) is 12.9. The molecular weight excluding hydrogens is 381 g/mol. The van der Waals surface area contributed by atoms with Crippen LogP contribution in [0.1, 0.15) is 60.5 Å². The van der Waals surface area contributed by atoms with Crippen LogP contribution in [0.5, 0.6) is 0 Å². The van der Waals surface area contributed by atoms with E-state index in [0.29, 0.717) is 33.0 Å². The Labute approximate surface area is 170 Å². The molecule has 0 radical (unpaired) electrons. The van der Waals surface area contributed by atoms with Gasteiger partial charge in [-0.15, -0.1) is 0 Å². The Hall–Kier alpha value is -1.96. The van der Waals surface area contributed by atoms with E-state index in [2.05, 4.69) is 16.0 Å². The number of anilines is 1. The number of aromatic nitrogens is 1. The highest BCUT2D eigenvalue weighted by Gasteiger charge is 2.26. The van der Waals surface area contributed by atoms with Crippen molar-refractivity contribution >= 4 is 34.9 Å². The number of nitrogens with one attached hydrogen (secondary N) is 1. The zero-order valence-electron chi connectivity index (χ0n) is 15.6. The summed E-state index contributed by atoms with van der Waals surface area (Å²) < 4.78 is 2.15. The number of halogens is 2. The maximum Gasteiger partial charge on any atom is 0.230 e. The molecule has 0 spiro atoms. The predicted octanol–water partition coefficient (Wildman–Crippen LogP) is 5.97. The van der Waals surface area contributed by atoms with Gasteiger partial charge in [-0.05, 0) is 49.9 Å². The Morgan fingerprint density at radius 1 is 1.22 bits per heavy atom. The Morgan fingerprint density at radius 2 is 1.85 bits per heavy atom. The Bertz CT molecular complexity index is 885. The van der Waals surface area contributed by atoms with E-state index in [1.807, 2.05) is 13.8 Å². The van der Waals surface area contributed by atoms with Crippen LogP contribution < -0.4 is 5.32 Å². The number of hydrogen-bond donors (Lipinski definition) is 1. The highest BCUT2D eigenvalue weighted by Crippen LogP contribution is 2.37. The Morgan fingerprint density at radius 3 is 2.44 bits per heavy atom. The molecule has 1 aliphatic carbocycles. The fourth-order valence-electron chi connectivity index (χ4n) is 3.92. The van der Waals surface area contributed by atoms with E-state index in [0.717, 1.165) is 24.1 Å². The molecule has 1 saturated carbocycles. The molecular formula is C21H23Cl2N3O. The number of amides is 1. The standard InChI is InChI=1S/C21H23Cl2N3O/c1-13-14(2)26(15-7-4-3-5-8-15)21(17(13)12-24)25-20(27)11-16-18(22)9-6-10-19(16)23/h6,9-10,15H,3-5,7-8,11H2,1-2H3,(H,25,27). The van der Waals surface area contributed by atoms with E-state index in [9.17, 15) is 10.1 Å². The average Bonchev–Trinajstić information content (AvgIpc) is 2.89. The largest absolute Gasteiger partial charge is 0.327 e. The van der Waals surface area contributed by atoms with Crippen LogP contribution in [0.25, 0.3) is 0 Å². The van der Waals surface area contributed by atoms with Crippen molar-refractivity contribution in [1.29, 1.82) is 5.26 Å². The normalized spacial score (nSPS) is 14.8. The van der Waals surface area contributed by atoms with Crippen LogP contribution in [0.4, 0.5) is 5.82 Å². The van der Waals surface area contributed by atoms with Crippen molar-refractivity contribution in [1.82, 2.24) is 4.57 Å². The fourth-order valence-corrected chi connectivity index (χ4v) is 4.45. The van der Waals surface area contributed by atoms with Crippen LogP contribution in [0.2, 0.25) is 10.0 Å². The SMILES string of the molecule is Cc1c(C#N)c(NC(=O)Cc2c(Cl)cccc2Cl)n(C2CCCCC2)c1C. The summed E-state index contributed by atoms with van der Waals surface area (Å²) in [5.41, 5.74) is 3.11. The quantitative estimate of drug-likeness (QED) is 0.683. The molecule has 1 fully saturated rings. The molecule has 6 heteroatoms. The summed E-state index contributed by atoms with van der Waals surface area (Å²) in [6.45, 7) is 3.96. The van der Waals surface area contributed by atoms with Gasteiger partial charge in [-0.3, -0.25) is 4.79 Å². The number of hydrogen-bond acceptors (Lipinski definition) is 2. The average molecular weight is 404 g/mol. The molecule has 0 saturated heterocycles. The molecule has 1 aliphatic rings. The molecule has 1 amide bonds. The van der Waals surface area contributed by atoms with Crippen LogP contribution in [-0.2, 0) is 11.2 Å². The molecule has 1 N–H and O–H groups in total. The fraction of sp³-hybridized carbons (Fsp3) is 0.429. The van der Waals surface area contributed by atoms with E-state index < -0.39 is 0 Å². The molecule has 0 aliphatic heterocycles. The number of rotatable bonds is 4. The van der Waals surface area contributed by atoms with Gasteiger partial charge in [-0.2, -0.15) is 5.26 Å². The lowest BCUT2D eigenvalue weighted by atomic mass is 9.95. The van der Waals surface area contributed by atoms with E-state index >= 15 is 0 Å². The van der Waals surface area contributed by atoms with E-state index in [1.54, 1.807) is 18.2 Å². The monoisotopic (exact) mass is 403 g/mol. The van der Waals surface area contributed by atoms with Crippen LogP contribution in [0.3, 0.4) is 0 Å². The first-order valence-corrected chi connectivity index (χ1v) is 10.0. The number of nitrogens with zero attached hydrogens (tertiary/aromatic N) is 2. The molecule has 27 heavy (non-hydrogen) atoms. The molecule has 2 aromatic rings. The molecule has 3 rings (SSSR count). The van der Waals surface area contributed by atoms with Crippen molar-refractivity contribution in [2.24, 2.45) is 0 Å².